The molecule has 5 heteroatoms. The van der Waals surface area contributed by atoms with E-state index >= 15 is 0 Å². The van der Waals surface area contributed by atoms with Crippen LogP contribution in [0.4, 0.5) is 0 Å². The average Bonchev–Trinajstić information content (AvgIpc) is 2.79. The minimum atomic E-state index is 0.250. The van der Waals surface area contributed by atoms with Crippen LogP contribution in [0.3, 0.4) is 0 Å². The Hall–Kier alpha value is -0.880. The smallest absolute Gasteiger partial charge is 0.0902 e. The maximum Gasteiger partial charge on any atom is 0.0902 e. The van der Waals surface area contributed by atoms with E-state index in [-0.39, 0.29) is 26.4 Å². The van der Waals surface area contributed by atoms with Crippen LogP contribution < -0.4 is 0 Å². The van der Waals surface area contributed by atoms with Gasteiger partial charge in [0.15, 0.2) is 0 Å². The molecule has 0 atom stereocenters. The molecule has 0 unspecified atom stereocenters. The van der Waals surface area contributed by atoms with Crippen LogP contribution in [0.1, 0.15) is 27.7 Å². The van der Waals surface area contributed by atoms with Crippen molar-refractivity contribution in [3.63, 3.8) is 0 Å². The minimum Gasteiger partial charge on any atom is -0.473 e. The Morgan fingerprint density at radius 1 is 0.647 bits per heavy atom. The SMILES string of the molecule is CCO.CCO.CCO.CCO.c1ccoc1. The zero-order chi connectivity index (χ0) is 14.4. The van der Waals surface area contributed by atoms with Crippen molar-refractivity contribution in [1.29, 1.82) is 0 Å². The summed E-state index contributed by atoms with van der Waals surface area (Å²) in [4.78, 5) is 0. The summed E-state index contributed by atoms with van der Waals surface area (Å²) in [6, 6.07) is 3.67. The van der Waals surface area contributed by atoms with Crippen molar-refractivity contribution >= 4 is 0 Å². The van der Waals surface area contributed by atoms with Crippen molar-refractivity contribution in [1.82, 2.24) is 0 Å². The molecule has 106 valence electrons. The van der Waals surface area contributed by atoms with Gasteiger partial charge in [-0.05, 0) is 39.8 Å². The van der Waals surface area contributed by atoms with Gasteiger partial charge in [0, 0.05) is 26.4 Å². The normalized spacial score (nSPS) is 6.59. The summed E-state index contributed by atoms with van der Waals surface area (Å²) in [6.45, 7) is 7.72. The third-order valence-electron chi connectivity index (χ3n) is 0.425. The zero-order valence-electron chi connectivity index (χ0n) is 11.3. The largest absolute Gasteiger partial charge is 0.473 e. The van der Waals surface area contributed by atoms with Crippen LogP contribution in [-0.4, -0.2) is 46.9 Å². The van der Waals surface area contributed by atoms with E-state index in [2.05, 4.69) is 4.42 Å². The molecule has 1 rings (SSSR count). The molecular formula is C12H28O5. The van der Waals surface area contributed by atoms with E-state index in [1.54, 1.807) is 40.2 Å². The van der Waals surface area contributed by atoms with Gasteiger partial charge in [-0.25, -0.2) is 0 Å². The molecule has 1 heterocycles. The molecule has 0 spiro atoms. The first-order chi connectivity index (χ1) is 8.16. The quantitative estimate of drug-likeness (QED) is 0.558. The first kappa shape index (κ1) is 25.1. The minimum absolute atomic E-state index is 0.250. The molecule has 5 nitrogen and oxygen atoms in total. The second kappa shape index (κ2) is 45.7. The average molecular weight is 252 g/mol. The van der Waals surface area contributed by atoms with Crippen LogP contribution in [-0.2, 0) is 0 Å². The van der Waals surface area contributed by atoms with Gasteiger partial charge < -0.3 is 24.8 Å². The number of furan rings is 1. The van der Waals surface area contributed by atoms with Crippen molar-refractivity contribution in [2.45, 2.75) is 27.7 Å². The van der Waals surface area contributed by atoms with Crippen molar-refractivity contribution in [3.05, 3.63) is 24.7 Å². The van der Waals surface area contributed by atoms with E-state index in [0.29, 0.717) is 0 Å². The molecule has 1 aromatic heterocycles. The number of aliphatic hydroxyl groups is 4. The summed E-state index contributed by atoms with van der Waals surface area (Å²) < 4.78 is 4.58. The van der Waals surface area contributed by atoms with E-state index < -0.39 is 0 Å². The highest BCUT2D eigenvalue weighted by Crippen LogP contribution is 1.79. The highest BCUT2D eigenvalue weighted by molar-refractivity contribution is 4.79. The second-order valence-corrected chi connectivity index (χ2v) is 2.06. The van der Waals surface area contributed by atoms with Gasteiger partial charge in [0.1, 0.15) is 0 Å². The topological polar surface area (TPSA) is 94.1 Å². The van der Waals surface area contributed by atoms with Crippen LogP contribution >= 0.6 is 0 Å². The van der Waals surface area contributed by atoms with Crippen LogP contribution in [0.5, 0.6) is 0 Å². The Bertz CT molecular complexity index is 106. The fourth-order valence-corrected chi connectivity index (χ4v) is 0.227. The number of rotatable bonds is 0. The van der Waals surface area contributed by atoms with E-state index in [9.17, 15) is 0 Å². The van der Waals surface area contributed by atoms with Gasteiger partial charge in [0.2, 0.25) is 0 Å². The van der Waals surface area contributed by atoms with E-state index in [1.807, 2.05) is 12.1 Å². The zero-order valence-corrected chi connectivity index (χ0v) is 11.3. The second-order valence-electron chi connectivity index (χ2n) is 2.06. The number of aliphatic hydroxyl groups excluding tert-OH is 4. The molecule has 0 amide bonds. The van der Waals surface area contributed by atoms with Crippen LogP contribution in [0.2, 0.25) is 0 Å². The molecule has 0 fully saturated rings. The van der Waals surface area contributed by atoms with Crippen molar-refractivity contribution in [3.8, 4) is 0 Å². The van der Waals surface area contributed by atoms with E-state index in [1.165, 1.54) is 0 Å². The van der Waals surface area contributed by atoms with Gasteiger partial charge in [-0.1, -0.05) is 0 Å². The predicted molar refractivity (Wildman–Crippen MR) is 69.7 cm³/mol. The highest BCUT2D eigenvalue weighted by Gasteiger charge is 1.58. The summed E-state index contributed by atoms with van der Waals surface area (Å²) >= 11 is 0. The Labute approximate surface area is 104 Å². The first-order valence-electron chi connectivity index (χ1n) is 5.56. The van der Waals surface area contributed by atoms with Crippen LogP contribution in [0.15, 0.2) is 29.1 Å². The molecular weight excluding hydrogens is 224 g/mol. The highest BCUT2D eigenvalue weighted by atomic mass is 16.3. The molecule has 17 heavy (non-hydrogen) atoms. The monoisotopic (exact) mass is 252 g/mol. The van der Waals surface area contributed by atoms with Crippen molar-refractivity contribution in [2.24, 2.45) is 0 Å². The Morgan fingerprint density at radius 2 is 0.824 bits per heavy atom. The molecule has 0 aliphatic carbocycles. The number of hydrogen-bond donors (Lipinski definition) is 4. The van der Waals surface area contributed by atoms with Gasteiger partial charge in [0.05, 0.1) is 12.5 Å². The molecule has 0 aliphatic heterocycles. The van der Waals surface area contributed by atoms with Gasteiger partial charge in [0.25, 0.3) is 0 Å². The Kier molecular flexibility index (Phi) is 67.5. The van der Waals surface area contributed by atoms with E-state index in [4.69, 9.17) is 20.4 Å². The van der Waals surface area contributed by atoms with Crippen molar-refractivity contribution in [2.75, 3.05) is 26.4 Å². The van der Waals surface area contributed by atoms with Gasteiger partial charge >= 0.3 is 0 Å². The summed E-state index contributed by atoms with van der Waals surface area (Å²) in [7, 11) is 0. The van der Waals surface area contributed by atoms with Crippen molar-refractivity contribution < 1.29 is 24.8 Å². The fourth-order valence-electron chi connectivity index (χ4n) is 0.227. The maximum absolute atomic E-state index is 7.57. The molecule has 0 saturated carbocycles. The van der Waals surface area contributed by atoms with E-state index in [0.717, 1.165) is 0 Å². The Balaban J connectivity index is -0.0000000642. The first-order valence-corrected chi connectivity index (χ1v) is 5.56. The lowest BCUT2D eigenvalue weighted by Gasteiger charge is -1.52. The summed E-state index contributed by atoms with van der Waals surface area (Å²) in [5.41, 5.74) is 0. The molecule has 0 bridgehead atoms. The summed E-state index contributed by atoms with van der Waals surface area (Å²) in [6.07, 6.45) is 3.25. The summed E-state index contributed by atoms with van der Waals surface area (Å²) in [5.74, 6) is 0. The fraction of sp³-hybridized carbons (Fsp3) is 0.667. The van der Waals surface area contributed by atoms with Crippen LogP contribution in [0, 0.1) is 0 Å². The third kappa shape index (κ3) is 153. The lowest BCUT2D eigenvalue weighted by atomic mass is 10.7. The maximum atomic E-state index is 7.57. The van der Waals surface area contributed by atoms with Gasteiger partial charge in [-0.2, -0.15) is 0 Å². The lowest BCUT2D eigenvalue weighted by Crippen LogP contribution is -1.57. The molecule has 0 aliphatic rings. The standard InChI is InChI=1S/C4H4O.4C2H6O/c1-2-4-5-3-1;4*1-2-3/h1-4H;4*3H,2H2,1H3. The van der Waals surface area contributed by atoms with Crippen LogP contribution in [0.25, 0.3) is 0 Å². The third-order valence-corrected chi connectivity index (χ3v) is 0.425. The lowest BCUT2D eigenvalue weighted by molar-refractivity contribution is 0.318. The summed E-state index contributed by atoms with van der Waals surface area (Å²) in [5, 5.41) is 30.3. The molecule has 1 aromatic rings. The number of hydrogen-bond acceptors (Lipinski definition) is 5. The molecule has 0 radical (unpaired) electrons. The predicted octanol–water partition coefficient (Wildman–Crippen LogP) is 1.27. The Morgan fingerprint density at radius 3 is 0.882 bits per heavy atom. The molecule has 0 aromatic carbocycles. The van der Waals surface area contributed by atoms with Gasteiger partial charge in [-0.15, -0.1) is 0 Å². The molecule has 0 saturated heterocycles. The van der Waals surface area contributed by atoms with Gasteiger partial charge in [-0.3, -0.25) is 0 Å². The molecule has 4 N–H and O–H groups in total.